The average molecular weight is 362 g/mol. The topological polar surface area (TPSA) is 58.4 Å². The Morgan fingerprint density at radius 2 is 2.00 bits per heavy atom. The van der Waals surface area contributed by atoms with Crippen molar-refractivity contribution in [3.63, 3.8) is 0 Å². The number of carbonyl (C=O) groups is 1. The van der Waals surface area contributed by atoms with E-state index in [1.807, 2.05) is 11.8 Å². The van der Waals surface area contributed by atoms with Gasteiger partial charge in [-0.1, -0.05) is 12.1 Å². The smallest absolute Gasteiger partial charge is 0.222 e. The molecule has 1 amide bonds. The zero-order valence-corrected chi connectivity index (χ0v) is 15.6. The predicted octanol–water partition coefficient (Wildman–Crippen LogP) is 3.37. The molecule has 0 saturated carbocycles. The third-order valence-electron chi connectivity index (χ3n) is 4.05. The Bertz CT molecular complexity index is 475. The van der Waals surface area contributed by atoms with Crippen molar-refractivity contribution in [1.82, 2.24) is 4.90 Å². The third-order valence-corrected chi connectivity index (χ3v) is 4.05. The molecule has 1 aliphatic heterocycles. The molecule has 1 fully saturated rings. The van der Waals surface area contributed by atoms with E-state index in [0.29, 0.717) is 12.5 Å². The number of piperidine rings is 1. The van der Waals surface area contributed by atoms with Gasteiger partial charge < -0.3 is 16.0 Å². The molecule has 1 atom stereocenters. The van der Waals surface area contributed by atoms with Gasteiger partial charge in [0.05, 0.1) is 0 Å². The molecule has 0 bridgehead atoms. The lowest BCUT2D eigenvalue weighted by Gasteiger charge is -2.33. The van der Waals surface area contributed by atoms with Crippen LogP contribution in [0.4, 0.5) is 5.69 Å². The number of rotatable bonds is 5. The first kappa shape index (κ1) is 22.0. The lowest BCUT2D eigenvalue weighted by molar-refractivity contribution is -0.132. The van der Waals surface area contributed by atoms with E-state index in [0.717, 1.165) is 32.4 Å². The van der Waals surface area contributed by atoms with Crippen LogP contribution in [0.5, 0.6) is 0 Å². The fourth-order valence-electron chi connectivity index (χ4n) is 2.75. The van der Waals surface area contributed by atoms with Crippen molar-refractivity contribution < 1.29 is 4.79 Å². The molecule has 1 saturated heterocycles. The van der Waals surface area contributed by atoms with Gasteiger partial charge in [0.25, 0.3) is 0 Å². The quantitative estimate of drug-likeness (QED) is 0.844. The molecule has 23 heavy (non-hydrogen) atoms. The van der Waals surface area contributed by atoms with Gasteiger partial charge in [-0.2, -0.15) is 0 Å². The molecule has 3 N–H and O–H groups in total. The number of aryl methyl sites for hydroxylation is 1. The van der Waals surface area contributed by atoms with Crippen molar-refractivity contribution in [3.8, 4) is 0 Å². The van der Waals surface area contributed by atoms with Gasteiger partial charge in [0.15, 0.2) is 0 Å². The average Bonchev–Trinajstić information content (AvgIpc) is 2.45. The van der Waals surface area contributed by atoms with Crippen molar-refractivity contribution in [1.29, 1.82) is 0 Å². The number of likely N-dealkylation sites (tertiary alicyclic amines) is 1. The molecular weight excluding hydrogens is 333 g/mol. The summed E-state index contributed by atoms with van der Waals surface area (Å²) < 4.78 is 0. The van der Waals surface area contributed by atoms with Crippen LogP contribution >= 0.6 is 24.8 Å². The van der Waals surface area contributed by atoms with Crippen LogP contribution in [0.25, 0.3) is 0 Å². The molecule has 0 aliphatic carbocycles. The summed E-state index contributed by atoms with van der Waals surface area (Å²) in [6.45, 7) is 5.75. The predicted molar refractivity (Wildman–Crippen MR) is 102 cm³/mol. The van der Waals surface area contributed by atoms with E-state index in [2.05, 4.69) is 36.5 Å². The number of nitrogens with two attached hydrogens (primary N) is 1. The molecule has 0 radical (unpaired) electrons. The van der Waals surface area contributed by atoms with Crippen LogP contribution < -0.4 is 11.1 Å². The lowest BCUT2D eigenvalue weighted by atomic mass is 10.0. The highest BCUT2D eigenvalue weighted by Crippen LogP contribution is 2.18. The zero-order valence-electron chi connectivity index (χ0n) is 14.0. The van der Waals surface area contributed by atoms with Crippen molar-refractivity contribution >= 4 is 36.4 Å². The third kappa shape index (κ3) is 7.42. The van der Waals surface area contributed by atoms with Gasteiger partial charge in [0.2, 0.25) is 5.91 Å². The Morgan fingerprint density at radius 1 is 1.35 bits per heavy atom. The van der Waals surface area contributed by atoms with Gasteiger partial charge in [-0.3, -0.25) is 4.79 Å². The van der Waals surface area contributed by atoms with E-state index < -0.39 is 0 Å². The highest BCUT2D eigenvalue weighted by molar-refractivity contribution is 5.85. The van der Waals surface area contributed by atoms with Crippen LogP contribution in [0.1, 0.15) is 38.2 Å². The summed E-state index contributed by atoms with van der Waals surface area (Å²) in [6.07, 6.45) is 3.38. The number of anilines is 1. The van der Waals surface area contributed by atoms with Gasteiger partial charge in [-0.05, 0) is 50.8 Å². The normalized spacial score (nSPS) is 16.0. The van der Waals surface area contributed by atoms with Crippen molar-refractivity contribution in [2.24, 2.45) is 5.73 Å². The maximum Gasteiger partial charge on any atom is 0.222 e. The van der Waals surface area contributed by atoms with Crippen molar-refractivity contribution in [3.05, 3.63) is 29.8 Å². The van der Waals surface area contributed by atoms with E-state index in [1.54, 1.807) is 0 Å². The minimum atomic E-state index is 0. The van der Waals surface area contributed by atoms with Gasteiger partial charge >= 0.3 is 0 Å². The monoisotopic (exact) mass is 361 g/mol. The van der Waals surface area contributed by atoms with Crippen LogP contribution in [0.2, 0.25) is 0 Å². The van der Waals surface area contributed by atoms with Crippen molar-refractivity contribution in [2.75, 3.05) is 18.4 Å². The summed E-state index contributed by atoms with van der Waals surface area (Å²) in [7, 11) is 0. The zero-order chi connectivity index (χ0) is 15.2. The number of hydrogen-bond acceptors (Lipinski definition) is 3. The molecule has 1 heterocycles. The molecule has 4 nitrogen and oxygen atoms in total. The molecule has 1 aliphatic rings. The Labute approximate surface area is 152 Å². The fourth-order valence-corrected chi connectivity index (χ4v) is 2.75. The number of benzene rings is 1. The second kappa shape index (κ2) is 10.7. The van der Waals surface area contributed by atoms with Gasteiger partial charge in [-0.15, -0.1) is 24.8 Å². The number of hydrogen-bond donors (Lipinski definition) is 2. The maximum absolute atomic E-state index is 12.1. The summed E-state index contributed by atoms with van der Waals surface area (Å²) in [5.41, 5.74) is 8.15. The molecule has 0 aromatic heterocycles. The number of nitrogens with one attached hydrogen (secondary N) is 1. The summed E-state index contributed by atoms with van der Waals surface area (Å²) in [5, 5.41) is 3.57. The van der Waals surface area contributed by atoms with Crippen LogP contribution in [-0.4, -0.2) is 36.0 Å². The minimum Gasteiger partial charge on any atom is -0.382 e. The summed E-state index contributed by atoms with van der Waals surface area (Å²) in [4.78, 5) is 14.0. The molecule has 1 aromatic carbocycles. The Morgan fingerprint density at radius 3 is 2.57 bits per heavy atom. The number of nitrogens with zero attached hydrogens (tertiary/aromatic N) is 1. The molecule has 0 spiro atoms. The second-order valence-corrected chi connectivity index (χ2v) is 6.18. The molecule has 6 heteroatoms. The molecule has 1 aromatic rings. The van der Waals surface area contributed by atoms with Crippen LogP contribution in [-0.2, 0) is 4.79 Å². The largest absolute Gasteiger partial charge is 0.382 e. The van der Waals surface area contributed by atoms with Gasteiger partial charge in [-0.25, -0.2) is 0 Å². The molecule has 132 valence electrons. The summed E-state index contributed by atoms with van der Waals surface area (Å²) >= 11 is 0. The SMILES string of the molecule is Cc1cccc(NC2CCN(C(=O)CCC(C)N)CC2)c1.Cl.Cl. The van der Waals surface area contributed by atoms with E-state index in [1.165, 1.54) is 11.3 Å². The number of carbonyl (C=O) groups excluding carboxylic acids is 1. The first-order valence-electron chi connectivity index (χ1n) is 7.91. The maximum atomic E-state index is 12.1. The molecule has 2 rings (SSSR count). The first-order chi connectivity index (χ1) is 10.0. The van der Waals surface area contributed by atoms with Crippen LogP contribution in [0.15, 0.2) is 24.3 Å². The Balaban J connectivity index is 0.00000242. The minimum absolute atomic E-state index is 0. The first-order valence-corrected chi connectivity index (χ1v) is 7.91. The van der Waals surface area contributed by atoms with E-state index >= 15 is 0 Å². The molecule has 1 unspecified atom stereocenters. The van der Waals surface area contributed by atoms with E-state index in [9.17, 15) is 4.79 Å². The van der Waals surface area contributed by atoms with Crippen LogP contribution in [0.3, 0.4) is 0 Å². The number of halogens is 2. The highest BCUT2D eigenvalue weighted by atomic mass is 35.5. The highest BCUT2D eigenvalue weighted by Gasteiger charge is 2.22. The van der Waals surface area contributed by atoms with E-state index in [4.69, 9.17) is 5.73 Å². The van der Waals surface area contributed by atoms with Crippen LogP contribution in [0, 0.1) is 6.92 Å². The Hall–Kier alpha value is -0.970. The fraction of sp³-hybridized carbons (Fsp3) is 0.588. The van der Waals surface area contributed by atoms with E-state index in [-0.39, 0.29) is 36.8 Å². The van der Waals surface area contributed by atoms with Crippen molar-refractivity contribution in [2.45, 2.75) is 51.6 Å². The van der Waals surface area contributed by atoms with Gasteiger partial charge in [0.1, 0.15) is 0 Å². The summed E-state index contributed by atoms with van der Waals surface area (Å²) in [6, 6.07) is 9.02. The lowest BCUT2D eigenvalue weighted by Crippen LogP contribution is -2.42. The number of amides is 1. The van der Waals surface area contributed by atoms with Gasteiger partial charge in [0, 0.05) is 37.3 Å². The molecular formula is C17H29Cl2N3O. The summed E-state index contributed by atoms with van der Waals surface area (Å²) in [5.74, 6) is 0.251. The Kier molecular flexibility index (Phi) is 10.3. The standard InChI is InChI=1S/C17H27N3O.2ClH/c1-13-4-3-5-16(12-13)19-15-8-10-20(11-9-15)17(21)7-6-14(2)18;;/h3-5,12,14-15,19H,6-11,18H2,1-2H3;2*1H. The second-order valence-electron chi connectivity index (χ2n) is 6.18.